The lowest BCUT2D eigenvalue weighted by molar-refractivity contribution is -0.123. The summed E-state index contributed by atoms with van der Waals surface area (Å²) < 4.78 is 4.67. The number of rotatable bonds is 3. The number of methoxy groups -OCH3 is 1. The molecule has 2 N–H and O–H groups in total. The van der Waals surface area contributed by atoms with Crippen LogP contribution in [0, 0.1) is 0 Å². The Labute approximate surface area is 149 Å². The first-order chi connectivity index (χ1) is 12.0. The molecule has 0 saturated heterocycles. The molecule has 0 bridgehead atoms. The van der Waals surface area contributed by atoms with Crippen LogP contribution >= 0.6 is 11.6 Å². The van der Waals surface area contributed by atoms with Crippen molar-refractivity contribution in [2.45, 2.75) is 12.3 Å². The van der Waals surface area contributed by atoms with Crippen molar-refractivity contribution in [1.82, 2.24) is 0 Å². The van der Waals surface area contributed by atoms with E-state index in [1.807, 2.05) is 0 Å². The Morgan fingerprint density at radius 1 is 1.24 bits per heavy atom. The lowest BCUT2D eigenvalue weighted by Gasteiger charge is -2.25. The minimum absolute atomic E-state index is 0.0388. The van der Waals surface area contributed by atoms with Gasteiger partial charge < -0.3 is 15.4 Å². The lowest BCUT2D eigenvalue weighted by Crippen LogP contribution is -2.30. The Hall–Kier alpha value is -2.86. The quantitative estimate of drug-likeness (QED) is 0.825. The van der Waals surface area contributed by atoms with Crippen LogP contribution in [-0.2, 0) is 14.3 Å². The fourth-order valence-corrected chi connectivity index (χ4v) is 2.90. The van der Waals surface area contributed by atoms with Crippen molar-refractivity contribution >= 4 is 40.8 Å². The molecule has 6 nitrogen and oxygen atoms in total. The maximum atomic E-state index is 12.7. The Bertz CT molecular complexity index is 866. The average Bonchev–Trinajstić information content (AvgIpc) is 2.62. The van der Waals surface area contributed by atoms with Crippen molar-refractivity contribution < 1.29 is 19.1 Å². The van der Waals surface area contributed by atoms with Crippen molar-refractivity contribution in [3.05, 3.63) is 58.6 Å². The molecule has 0 spiro atoms. The molecule has 1 aliphatic heterocycles. The van der Waals surface area contributed by atoms with Gasteiger partial charge in [0, 0.05) is 12.1 Å². The summed E-state index contributed by atoms with van der Waals surface area (Å²) in [6, 6.07) is 11.6. The van der Waals surface area contributed by atoms with Crippen LogP contribution in [0.3, 0.4) is 0 Å². The first-order valence-electron chi connectivity index (χ1n) is 7.57. The summed E-state index contributed by atoms with van der Waals surface area (Å²) in [5, 5.41) is 5.73. The van der Waals surface area contributed by atoms with E-state index in [-0.39, 0.29) is 34.5 Å². The van der Waals surface area contributed by atoms with Crippen molar-refractivity contribution in [1.29, 1.82) is 0 Å². The Kier molecular flexibility index (Phi) is 4.72. The van der Waals surface area contributed by atoms with Crippen LogP contribution < -0.4 is 10.6 Å². The molecule has 1 heterocycles. The minimum atomic E-state index is -0.636. The number of para-hydroxylation sites is 1. The summed E-state index contributed by atoms with van der Waals surface area (Å²) in [6.07, 6.45) is 0.0388. The van der Waals surface area contributed by atoms with Gasteiger partial charge in [-0.05, 0) is 29.8 Å². The molecule has 2 aromatic rings. The van der Waals surface area contributed by atoms with E-state index in [1.165, 1.54) is 25.3 Å². The SMILES string of the molecule is COC(=O)c1ccc(Cl)c(NC(=O)C2CC(=O)Nc3ccccc32)c1. The van der Waals surface area contributed by atoms with Crippen molar-refractivity contribution in [2.75, 3.05) is 17.7 Å². The molecule has 2 aromatic carbocycles. The number of ether oxygens (including phenoxy) is 1. The predicted molar refractivity (Wildman–Crippen MR) is 93.9 cm³/mol. The van der Waals surface area contributed by atoms with E-state index < -0.39 is 11.9 Å². The lowest BCUT2D eigenvalue weighted by atomic mass is 9.90. The van der Waals surface area contributed by atoms with Gasteiger partial charge in [0.05, 0.1) is 29.3 Å². The van der Waals surface area contributed by atoms with Crippen LogP contribution in [0.1, 0.15) is 28.3 Å². The molecule has 2 amide bonds. The number of hydrogen-bond donors (Lipinski definition) is 2. The van der Waals surface area contributed by atoms with E-state index in [0.29, 0.717) is 5.69 Å². The third-order valence-electron chi connectivity index (χ3n) is 3.96. The molecular weight excluding hydrogens is 344 g/mol. The van der Waals surface area contributed by atoms with Crippen molar-refractivity contribution in [3.63, 3.8) is 0 Å². The van der Waals surface area contributed by atoms with E-state index in [1.54, 1.807) is 24.3 Å². The van der Waals surface area contributed by atoms with Gasteiger partial charge in [-0.1, -0.05) is 29.8 Å². The average molecular weight is 359 g/mol. The van der Waals surface area contributed by atoms with Gasteiger partial charge in [-0.25, -0.2) is 4.79 Å². The highest BCUT2D eigenvalue weighted by Gasteiger charge is 2.30. The number of halogens is 1. The smallest absolute Gasteiger partial charge is 0.337 e. The van der Waals surface area contributed by atoms with Gasteiger partial charge in [0.25, 0.3) is 0 Å². The molecule has 0 aromatic heterocycles. The molecule has 128 valence electrons. The summed E-state index contributed by atoms with van der Waals surface area (Å²) in [7, 11) is 1.27. The number of amides is 2. The molecule has 1 atom stereocenters. The van der Waals surface area contributed by atoms with Gasteiger partial charge in [0.15, 0.2) is 0 Å². The number of nitrogens with one attached hydrogen (secondary N) is 2. The summed E-state index contributed by atoms with van der Waals surface area (Å²) in [5.41, 5.74) is 1.91. The first-order valence-corrected chi connectivity index (χ1v) is 7.95. The summed E-state index contributed by atoms with van der Waals surface area (Å²) in [5.74, 6) is -1.77. The second kappa shape index (κ2) is 6.94. The zero-order chi connectivity index (χ0) is 18.0. The molecule has 3 rings (SSSR count). The van der Waals surface area contributed by atoms with Crippen molar-refractivity contribution in [2.24, 2.45) is 0 Å². The van der Waals surface area contributed by atoms with E-state index in [2.05, 4.69) is 15.4 Å². The van der Waals surface area contributed by atoms with E-state index in [0.717, 1.165) is 5.56 Å². The fraction of sp³-hybridized carbons (Fsp3) is 0.167. The maximum Gasteiger partial charge on any atom is 0.337 e. The van der Waals surface area contributed by atoms with E-state index in [9.17, 15) is 14.4 Å². The zero-order valence-corrected chi connectivity index (χ0v) is 14.1. The Morgan fingerprint density at radius 3 is 2.76 bits per heavy atom. The zero-order valence-electron chi connectivity index (χ0n) is 13.3. The van der Waals surface area contributed by atoms with E-state index >= 15 is 0 Å². The molecule has 1 unspecified atom stereocenters. The molecule has 25 heavy (non-hydrogen) atoms. The van der Waals surface area contributed by atoms with E-state index in [4.69, 9.17) is 11.6 Å². The van der Waals surface area contributed by atoms with Gasteiger partial charge in [0.2, 0.25) is 11.8 Å². The van der Waals surface area contributed by atoms with Crippen LogP contribution in [0.15, 0.2) is 42.5 Å². The molecule has 0 aliphatic carbocycles. The standard InChI is InChI=1S/C18H15ClN2O4/c1-25-18(24)10-6-7-13(19)15(8-10)21-17(23)12-9-16(22)20-14-5-3-2-4-11(12)14/h2-8,12H,9H2,1H3,(H,20,22)(H,21,23). The number of fused-ring (bicyclic) bond motifs is 1. The third-order valence-corrected chi connectivity index (χ3v) is 4.29. The van der Waals surface area contributed by atoms with Crippen molar-refractivity contribution in [3.8, 4) is 0 Å². The molecule has 0 fully saturated rings. The largest absolute Gasteiger partial charge is 0.465 e. The molecule has 0 saturated carbocycles. The first kappa shape index (κ1) is 17.0. The second-order valence-corrected chi connectivity index (χ2v) is 5.97. The van der Waals surface area contributed by atoms with Crippen LogP contribution in [-0.4, -0.2) is 24.9 Å². The Balaban J connectivity index is 1.88. The van der Waals surface area contributed by atoms with Gasteiger partial charge in [-0.2, -0.15) is 0 Å². The maximum absolute atomic E-state index is 12.7. The van der Waals surface area contributed by atoms with Gasteiger partial charge >= 0.3 is 5.97 Å². The molecule has 1 aliphatic rings. The number of esters is 1. The highest BCUT2D eigenvalue weighted by Crippen LogP contribution is 2.33. The number of anilines is 2. The van der Waals surface area contributed by atoms with Crippen LogP contribution in [0.4, 0.5) is 11.4 Å². The van der Waals surface area contributed by atoms with Gasteiger partial charge in [-0.15, -0.1) is 0 Å². The number of carbonyl (C=O) groups excluding carboxylic acids is 3. The number of carbonyl (C=O) groups is 3. The highest BCUT2D eigenvalue weighted by molar-refractivity contribution is 6.34. The summed E-state index contributed by atoms with van der Waals surface area (Å²) >= 11 is 6.11. The fourth-order valence-electron chi connectivity index (χ4n) is 2.73. The minimum Gasteiger partial charge on any atom is -0.465 e. The van der Waals surface area contributed by atoms with Gasteiger partial charge in [-0.3, -0.25) is 9.59 Å². The second-order valence-electron chi connectivity index (χ2n) is 5.57. The third kappa shape index (κ3) is 3.49. The van der Waals surface area contributed by atoms with Crippen LogP contribution in [0.5, 0.6) is 0 Å². The molecular formula is C18H15ClN2O4. The monoisotopic (exact) mass is 358 g/mol. The summed E-state index contributed by atoms with van der Waals surface area (Å²) in [6.45, 7) is 0. The highest BCUT2D eigenvalue weighted by atomic mass is 35.5. The topological polar surface area (TPSA) is 84.5 Å². The predicted octanol–water partition coefficient (Wildman–Crippen LogP) is 3.19. The Morgan fingerprint density at radius 2 is 2.00 bits per heavy atom. The normalized spacial score (nSPS) is 15.8. The van der Waals surface area contributed by atoms with Gasteiger partial charge in [0.1, 0.15) is 0 Å². The van der Waals surface area contributed by atoms with Crippen LogP contribution in [0.25, 0.3) is 0 Å². The number of benzene rings is 2. The van der Waals surface area contributed by atoms with Crippen LogP contribution in [0.2, 0.25) is 5.02 Å². The summed E-state index contributed by atoms with van der Waals surface area (Å²) in [4.78, 5) is 36.2. The number of hydrogen-bond acceptors (Lipinski definition) is 4. The molecule has 7 heteroatoms. The molecule has 0 radical (unpaired) electrons.